The summed E-state index contributed by atoms with van der Waals surface area (Å²) in [5.74, 6) is 5.43. The van der Waals surface area contributed by atoms with Crippen LogP contribution in [0.4, 0.5) is 0 Å². The molecule has 0 atom stereocenters. The molecule has 3 nitrogen and oxygen atoms in total. The second-order valence-electron chi connectivity index (χ2n) is 2.69. The first-order valence-corrected chi connectivity index (χ1v) is 4.20. The Morgan fingerprint density at radius 3 is 2.77 bits per heavy atom. The summed E-state index contributed by atoms with van der Waals surface area (Å²) in [6.45, 7) is 0. The van der Waals surface area contributed by atoms with Crippen molar-refractivity contribution in [1.82, 2.24) is 9.89 Å². The van der Waals surface area contributed by atoms with Crippen molar-refractivity contribution < 1.29 is 0 Å². The van der Waals surface area contributed by atoms with Crippen molar-refractivity contribution in [1.29, 1.82) is 0 Å². The van der Waals surface area contributed by atoms with E-state index in [0.29, 0.717) is 5.02 Å². The zero-order chi connectivity index (χ0) is 9.26. The normalized spacial score (nSPS) is 10.2. The third-order valence-corrected chi connectivity index (χ3v) is 1.96. The van der Waals surface area contributed by atoms with Gasteiger partial charge in [0, 0.05) is 16.8 Å². The first kappa shape index (κ1) is 8.13. The quantitative estimate of drug-likeness (QED) is 0.704. The highest BCUT2D eigenvalue weighted by Crippen LogP contribution is 2.20. The molecule has 4 heteroatoms. The van der Waals surface area contributed by atoms with Crippen LogP contribution in [-0.2, 0) is 0 Å². The minimum absolute atomic E-state index is 0.698. The van der Waals surface area contributed by atoms with Crippen molar-refractivity contribution in [2.75, 3.05) is 5.84 Å². The third-order valence-electron chi connectivity index (χ3n) is 1.73. The molecule has 0 bridgehead atoms. The lowest BCUT2D eigenvalue weighted by atomic mass is 10.2. The summed E-state index contributed by atoms with van der Waals surface area (Å²) < 4.78 is 0. The van der Waals surface area contributed by atoms with Crippen molar-refractivity contribution in [2.24, 2.45) is 0 Å². The largest absolute Gasteiger partial charge is 0.323 e. The van der Waals surface area contributed by atoms with Crippen molar-refractivity contribution in [3.8, 4) is 11.3 Å². The number of hydrogen-bond acceptors (Lipinski definition) is 2. The van der Waals surface area contributed by atoms with Crippen LogP contribution in [0.2, 0.25) is 5.02 Å². The molecule has 2 N–H and O–H groups in total. The van der Waals surface area contributed by atoms with E-state index in [1.54, 1.807) is 6.20 Å². The van der Waals surface area contributed by atoms with Gasteiger partial charge in [0.05, 0.1) is 5.69 Å². The van der Waals surface area contributed by atoms with Gasteiger partial charge in [-0.15, -0.1) is 0 Å². The lowest BCUT2D eigenvalue weighted by Gasteiger charge is -1.96. The highest BCUT2D eigenvalue weighted by atomic mass is 35.5. The summed E-state index contributed by atoms with van der Waals surface area (Å²) in [6, 6.07) is 9.33. The average molecular weight is 194 g/mol. The molecule has 0 saturated heterocycles. The van der Waals surface area contributed by atoms with Gasteiger partial charge >= 0.3 is 0 Å². The molecule has 0 aliphatic heterocycles. The summed E-state index contributed by atoms with van der Waals surface area (Å²) in [5.41, 5.74) is 1.79. The van der Waals surface area contributed by atoms with Gasteiger partial charge in [-0.1, -0.05) is 23.7 Å². The Bertz CT molecular complexity index is 422. The second-order valence-corrected chi connectivity index (χ2v) is 3.13. The van der Waals surface area contributed by atoms with E-state index in [1.807, 2.05) is 30.3 Å². The van der Waals surface area contributed by atoms with Crippen LogP contribution in [0.5, 0.6) is 0 Å². The smallest absolute Gasteiger partial charge is 0.0944 e. The zero-order valence-corrected chi connectivity index (χ0v) is 7.57. The SMILES string of the molecule is Nn1ccc(-c2cccc(Cl)c2)n1. The van der Waals surface area contributed by atoms with E-state index in [2.05, 4.69) is 5.10 Å². The molecule has 66 valence electrons. The van der Waals surface area contributed by atoms with E-state index in [-0.39, 0.29) is 0 Å². The van der Waals surface area contributed by atoms with Crippen LogP contribution < -0.4 is 5.84 Å². The summed E-state index contributed by atoms with van der Waals surface area (Å²) in [5, 5.41) is 4.76. The van der Waals surface area contributed by atoms with Crippen LogP contribution in [0.1, 0.15) is 0 Å². The Labute approximate surface area is 80.7 Å². The van der Waals surface area contributed by atoms with E-state index in [4.69, 9.17) is 17.4 Å². The van der Waals surface area contributed by atoms with Crippen LogP contribution in [0, 0.1) is 0 Å². The molecule has 0 unspecified atom stereocenters. The van der Waals surface area contributed by atoms with Crippen LogP contribution in [-0.4, -0.2) is 9.89 Å². The minimum Gasteiger partial charge on any atom is -0.323 e. The number of aromatic nitrogens is 2. The Kier molecular flexibility index (Phi) is 1.94. The summed E-state index contributed by atoms with van der Waals surface area (Å²) >= 11 is 5.84. The van der Waals surface area contributed by atoms with E-state index >= 15 is 0 Å². The second kappa shape index (κ2) is 3.11. The Balaban J connectivity index is 2.46. The highest BCUT2D eigenvalue weighted by molar-refractivity contribution is 6.30. The Morgan fingerprint density at radius 1 is 1.31 bits per heavy atom. The van der Waals surface area contributed by atoms with Gasteiger partial charge in [-0.25, -0.2) is 0 Å². The first-order chi connectivity index (χ1) is 6.25. The van der Waals surface area contributed by atoms with Crippen molar-refractivity contribution >= 4 is 11.6 Å². The van der Waals surface area contributed by atoms with Crippen LogP contribution >= 0.6 is 11.6 Å². The molecule has 13 heavy (non-hydrogen) atoms. The van der Waals surface area contributed by atoms with Gasteiger partial charge in [-0.2, -0.15) is 9.89 Å². The summed E-state index contributed by atoms with van der Waals surface area (Å²) in [4.78, 5) is 1.27. The summed E-state index contributed by atoms with van der Waals surface area (Å²) in [7, 11) is 0. The average Bonchev–Trinajstić information content (AvgIpc) is 2.52. The fraction of sp³-hybridized carbons (Fsp3) is 0. The molecular formula is C9H8ClN3. The number of hydrogen-bond donors (Lipinski definition) is 1. The predicted molar refractivity (Wildman–Crippen MR) is 52.8 cm³/mol. The number of nitrogens with zero attached hydrogens (tertiary/aromatic N) is 2. The van der Waals surface area contributed by atoms with Crippen LogP contribution in [0.3, 0.4) is 0 Å². The molecule has 0 amide bonds. The zero-order valence-electron chi connectivity index (χ0n) is 6.81. The third kappa shape index (κ3) is 1.65. The van der Waals surface area contributed by atoms with Gasteiger partial charge < -0.3 is 5.84 Å². The molecule has 1 heterocycles. The van der Waals surface area contributed by atoms with Crippen molar-refractivity contribution in [2.45, 2.75) is 0 Å². The fourth-order valence-corrected chi connectivity index (χ4v) is 1.33. The molecular weight excluding hydrogens is 186 g/mol. The van der Waals surface area contributed by atoms with E-state index in [9.17, 15) is 0 Å². The lowest BCUT2D eigenvalue weighted by Crippen LogP contribution is -2.07. The van der Waals surface area contributed by atoms with Crippen molar-refractivity contribution in [3.05, 3.63) is 41.6 Å². The maximum Gasteiger partial charge on any atom is 0.0944 e. The van der Waals surface area contributed by atoms with E-state index in [0.717, 1.165) is 11.3 Å². The number of benzene rings is 1. The molecule has 1 aromatic carbocycles. The van der Waals surface area contributed by atoms with E-state index < -0.39 is 0 Å². The Hall–Kier alpha value is -1.48. The fourth-order valence-electron chi connectivity index (χ4n) is 1.14. The number of halogens is 1. The van der Waals surface area contributed by atoms with Crippen LogP contribution in [0.15, 0.2) is 36.5 Å². The molecule has 1 aromatic heterocycles. The molecule has 0 aliphatic rings. The topological polar surface area (TPSA) is 43.8 Å². The number of rotatable bonds is 1. The maximum absolute atomic E-state index is 5.84. The number of nitrogens with two attached hydrogens (primary N) is 1. The molecule has 0 fully saturated rings. The molecule has 2 aromatic rings. The minimum atomic E-state index is 0.698. The monoisotopic (exact) mass is 193 g/mol. The van der Waals surface area contributed by atoms with Gasteiger partial charge in [-0.3, -0.25) is 0 Å². The van der Waals surface area contributed by atoms with Gasteiger partial charge in [-0.05, 0) is 18.2 Å². The standard InChI is InChI=1S/C9H8ClN3/c10-8-3-1-2-7(6-8)9-4-5-13(11)12-9/h1-6H,11H2. The molecule has 0 spiro atoms. The van der Waals surface area contributed by atoms with Crippen LogP contribution in [0.25, 0.3) is 11.3 Å². The predicted octanol–water partition coefficient (Wildman–Crippen LogP) is 1.92. The van der Waals surface area contributed by atoms with Gasteiger partial charge in [0.25, 0.3) is 0 Å². The molecule has 0 radical (unpaired) electrons. The molecule has 0 saturated carbocycles. The highest BCUT2D eigenvalue weighted by Gasteiger charge is 2.00. The number of nitrogen functional groups attached to an aromatic ring is 1. The molecule has 0 aliphatic carbocycles. The Morgan fingerprint density at radius 2 is 2.15 bits per heavy atom. The van der Waals surface area contributed by atoms with Gasteiger partial charge in [0.1, 0.15) is 0 Å². The van der Waals surface area contributed by atoms with Gasteiger partial charge in [0.15, 0.2) is 0 Å². The van der Waals surface area contributed by atoms with Gasteiger partial charge in [0.2, 0.25) is 0 Å². The van der Waals surface area contributed by atoms with E-state index in [1.165, 1.54) is 4.79 Å². The van der Waals surface area contributed by atoms with Crippen molar-refractivity contribution in [3.63, 3.8) is 0 Å². The first-order valence-electron chi connectivity index (χ1n) is 3.82. The molecule has 2 rings (SSSR count). The lowest BCUT2D eigenvalue weighted by molar-refractivity contribution is 0.836. The maximum atomic E-state index is 5.84. The summed E-state index contributed by atoms with van der Waals surface area (Å²) in [6.07, 6.45) is 1.69.